The highest BCUT2D eigenvalue weighted by Crippen LogP contribution is 2.21. The lowest BCUT2D eigenvalue weighted by Crippen LogP contribution is -2.31. The molecule has 0 aliphatic carbocycles. The van der Waals surface area contributed by atoms with Crippen LogP contribution in [0.4, 0.5) is 0 Å². The van der Waals surface area contributed by atoms with Gasteiger partial charge < -0.3 is 10.6 Å². The Bertz CT molecular complexity index is 624. The van der Waals surface area contributed by atoms with Gasteiger partial charge in [0.25, 0.3) is 5.91 Å². The van der Waals surface area contributed by atoms with Gasteiger partial charge in [-0.2, -0.15) is 5.10 Å². The molecule has 0 saturated carbocycles. The number of aromatic nitrogens is 2. The van der Waals surface area contributed by atoms with Gasteiger partial charge in [0.15, 0.2) is 0 Å². The van der Waals surface area contributed by atoms with Crippen LogP contribution in [0.3, 0.4) is 0 Å². The number of halogens is 1. The van der Waals surface area contributed by atoms with Crippen molar-refractivity contribution in [2.75, 3.05) is 19.6 Å². The zero-order valence-corrected chi connectivity index (χ0v) is 12.9. The van der Waals surface area contributed by atoms with Crippen molar-refractivity contribution >= 4 is 17.5 Å². The summed E-state index contributed by atoms with van der Waals surface area (Å²) in [4.78, 5) is 12.1. The number of nitrogens with one attached hydrogen (secondary N) is 2. The molecular weight excluding hydrogens is 288 g/mol. The van der Waals surface area contributed by atoms with Crippen LogP contribution in [-0.2, 0) is 0 Å². The van der Waals surface area contributed by atoms with E-state index in [1.807, 2.05) is 32.0 Å². The molecule has 0 atom stereocenters. The van der Waals surface area contributed by atoms with Crippen molar-refractivity contribution in [3.8, 4) is 5.69 Å². The summed E-state index contributed by atoms with van der Waals surface area (Å²) in [6.45, 7) is 6.11. The standard InChI is InChI=1S/C15H19ClN4O/c1-3-17-8-9-18-15(21)12-10-19-20(11(12)2)14-7-5-4-6-13(14)16/h4-7,10,17H,3,8-9H2,1-2H3,(H,18,21). The molecule has 2 aromatic rings. The number of amides is 1. The smallest absolute Gasteiger partial charge is 0.254 e. The fourth-order valence-corrected chi connectivity index (χ4v) is 2.25. The number of carbonyl (C=O) groups is 1. The van der Waals surface area contributed by atoms with Gasteiger partial charge in [-0.15, -0.1) is 0 Å². The highest BCUT2D eigenvalue weighted by atomic mass is 35.5. The summed E-state index contributed by atoms with van der Waals surface area (Å²) in [6.07, 6.45) is 1.57. The normalized spacial score (nSPS) is 10.6. The lowest BCUT2D eigenvalue weighted by molar-refractivity contribution is 0.0953. The molecule has 2 rings (SSSR count). The Morgan fingerprint density at radius 2 is 2.10 bits per heavy atom. The first kappa shape index (κ1) is 15.5. The van der Waals surface area contributed by atoms with Crippen molar-refractivity contribution in [2.24, 2.45) is 0 Å². The molecule has 112 valence electrons. The van der Waals surface area contributed by atoms with Gasteiger partial charge in [-0.1, -0.05) is 30.7 Å². The first-order chi connectivity index (χ1) is 10.1. The molecule has 1 aromatic heterocycles. The van der Waals surface area contributed by atoms with Crippen LogP contribution in [0.1, 0.15) is 23.0 Å². The minimum atomic E-state index is -0.122. The van der Waals surface area contributed by atoms with Gasteiger partial charge in [0.2, 0.25) is 0 Å². The Balaban J connectivity index is 2.14. The predicted molar refractivity (Wildman–Crippen MR) is 84.2 cm³/mol. The van der Waals surface area contributed by atoms with Gasteiger partial charge in [0.1, 0.15) is 0 Å². The van der Waals surface area contributed by atoms with E-state index >= 15 is 0 Å². The van der Waals surface area contributed by atoms with E-state index in [0.29, 0.717) is 17.1 Å². The van der Waals surface area contributed by atoms with Gasteiger partial charge in [0, 0.05) is 13.1 Å². The van der Waals surface area contributed by atoms with E-state index in [-0.39, 0.29) is 5.91 Å². The van der Waals surface area contributed by atoms with Gasteiger partial charge in [-0.05, 0) is 25.6 Å². The molecule has 0 aliphatic heterocycles. The first-order valence-corrected chi connectivity index (χ1v) is 7.31. The number of para-hydroxylation sites is 1. The minimum absolute atomic E-state index is 0.122. The van der Waals surface area contributed by atoms with Gasteiger partial charge >= 0.3 is 0 Å². The highest BCUT2D eigenvalue weighted by Gasteiger charge is 2.15. The first-order valence-electron chi connectivity index (χ1n) is 6.93. The predicted octanol–water partition coefficient (Wildman–Crippen LogP) is 2.17. The van der Waals surface area contributed by atoms with E-state index < -0.39 is 0 Å². The largest absolute Gasteiger partial charge is 0.351 e. The lowest BCUT2D eigenvalue weighted by atomic mass is 10.2. The fourth-order valence-electron chi connectivity index (χ4n) is 2.04. The second-order valence-electron chi connectivity index (χ2n) is 4.62. The Hall–Kier alpha value is -1.85. The summed E-state index contributed by atoms with van der Waals surface area (Å²) in [5, 5.41) is 10.9. The molecular formula is C15H19ClN4O. The maximum atomic E-state index is 12.1. The molecule has 1 aromatic carbocycles. The Morgan fingerprint density at radius 3 is 2.81 bits per heavy atom. The van der Waals surface area contributed by atoms with E-state index in [4.69, 9.17) is 11.6 Å². The third kappa shape index (κ3) is 3.62. The number of likely N-dealkylation sites (N-methyl/N-ethyl adjacent to an activating group) is 1. The summed E-state index contributed by atoms with van der Waals surface area (Å²) in [7, 11) is 0. The summed E-state index contributed by atoms with van der Waals surface area (Å²) < 4.78 is 1.68. The number of benzene rings is 1. The SMILES string of the molecule is CCNCCNC(=O)c1cnn(-c2ccccc2Cl)c1C. The van der Waals surface area contributed by atoms with E-state index in [0.717, 1.165) is 24.5 Å². The van der Waals surface area contributed by atoms with Crippen LogP contribution in [0.25, 0.3) is 5.69 Å². The van der Waals surface area contributed by atoms with Crippen molar-refractivity contribution in [3.63, 3.8) is 0 Å². The second-order valence-corrected chi connectivity index (χ2v) is 5.02. The van der Waals surface area contributed by atoms with Crippen molar-refractivity contribution < 1.29 is 4.79 Å². The quantitative estimate of drug-likeness (QED) is 0.804. The molecule has 0 aliphatic rings. The van der Waals surface area contributed by atoms with Crippen LogP contribution < -0.4 is 10.6 Å². The summed E-state index contributed by atoms with van der Waals surface area (Å²) in [6, 6.07) is 7.42. The van der Waals surface area contributed by atoms with Gasteiger partial charge in [-0.25, -0.2) is 4.68 Å². The molecule has 6 heteroatoms. The Morgan fingerprint density at radius 1 is 1.33 bits per heavy atom. The summed E-state index contributed by atoms with van der Waals surface area (Å²) in [5.41, 5.74) is 2.10. The highest BCUT2D eigenvalue weighted by molar-refractivity contribution is 6.32. The van der Waals surface area contributed by atoms with Crippen LogP contribution >= 0.6 is 11.6 Å². The average molecular weight is 307 g/mol. The number of rotatable bonds is 6. The topological polar surface area (TPSA) is 58.9 Å². The molecule has 0 fully saturated rings. The molecule has 1 amide bonds. The molecule has 0 spiro atoms. The third-order valence-corrected chi connectivity index (χ3v) is 3.49. The zero-order valence-electron chi connectivity index (χ0n) is 12.2. The van der Waals surface area contributed by atoms with E-state index in [9.17, 15) is 4.79 Å². The molecule has 0 unspecified atom stereocenters. The fraction of sp³-hybridized carbons (Fsp3) is 0.333. The van der Waals surface area contributed by atoms with Crippen LogP contribution in [0.2, 0.25) is 5.02 Å². The van der Waals surface area contributed by atoms with Gasteiger partial charge in [-0.3, -0.25) is 4.79 Å². The van der Waals surface area contributed by atoms with E-state index in [1.165, 1.54) is 0 Å². The van der Waals surface area contributed by atoms with Gasteiger partial charge in [0.05, 0.1) is 28.2 Å². The minimum Gasteiger partial charge on any atom is -0.351 e. The van der Waals surface area contributed by atoms with Crippen LogP contribution in [0, 0.1) is 6.92 Å². The molecule has 1 heterocycles. The van der Waals surface area contributed by atoms with Crippen molar-refractivity contribution in [1.29, 1.82) is 0 Å². The molecule has 0 saturated heterocycles. The Labute approximate surface area is 129 Å². The molecule has 2 N–H and O–H groups in total. The van der Waals surface area contributed by atoms with Crippen LogP contribution in [0.15, 0.2) is 30.5 Å². The average Bonchev–Trinajstić information content (AvgIpc) is 2.86. The summed E-state index contributed by atoms with van der Waals surface area (Å²) >= 11 is 6.17. The monoisotopic (exact) mass is 306 g/mol. The lowest BCUT2D eigenvalue weighted by Gasteiger charge is -2.08. The number of hydrogen-bond donors (Lipinski definition) is 2. The van der Waals surface area contributed by atoms with Crippen molar-refractivity contribution in [3.05, 3.63) is 46.7 Å². The third-order valence-electron chi connectivity index (χ3n) is 3.17. The van der Waals surface area contributed by atoms with E-state index in [1.54, 1.807) is 16.9 Å². The second kappa shape index (κ2) is 7.24. The molecule has 0 bridgehead atoms. The molecule has 5 nitrogen and oxygen atoms in total. The van der Waals surface area contributed by atoms with E-state index in [2.05, 4.69) is 15.7 Å². The number of hydrogen-bond acceptors (Lipinski definition) is 3. The van der Waals surface area contributed by atoms with Crippen LogP contribution in [-0.4, -0.2) is 35.3 Å². The van der Waals surface area contributed by atoms with Crippen LogP contribution in [0.5, 0.6) is 0 Å². The number of carbonyl (C=O) groups excluding carboxylic acids is 1. The number of nitrogens with zero attached hydrogens (tertiary/aromatic N) is 2. The zero-order chi connectivity index (χ0) is 15.2. The maximum Gasteiger partial charge on any atom is 0.254 e. The Kier molecular flexibility index (Phi) is 5.36. The maximum absolute atomic E-state index is 12.1. The van der Waals surface area contributed by atoms with Crippen molar-refractivity contribution in [2.45, 2.75) is 13.8 Å². The molecule has 21 heavy (non-hydrogen) atoms. The molecule has 0 radical (unpaired) electrons. The summed E-state index contributed by atoms with van der Waals surface area (Å²) in [5.74, 6) is -0.122. The van der Waals surface area contributed by atoms with Crippen molar-refractivity contribution in [1.82, 2.24) is 20.4 Å².